The molecule has 0 aromatic rings. The summed E-state index contributed by atoms with van der Waals surface area (Å²) in [5, 5.41) is 2.49. The first-order chi connectivity index (χ1) is 42.0. The molecule has 3 heterocycles. The summed E-state index contributed by atoms with van der Waals surface area (Å²) in [5.41, 5.74) is 0. The molecule has 19 atom stereocenters. The van der Waals surface area contributed by atoms with Crippen molar-refractivity contribution < 1.29 is 167 Å². The zero-order valence-corrected chi connectivity index (χ0v) is 51.8. The van der Waals surface area contributed by atoms with E-state index in [0.717, 1.165) is 104 Å². The molecule has 3 fully saturated rings. The largest absolute Gasteiger partial charge is 0.463 e. The molecule has 0 aromatic carbocycles. The van der Waals surface area contributed by atoms with E-state index in [2.05, 4.69) is 5.32 Å². The first-order valence-corrected chi connectivity index (χ1v) is 27.4. The van der Waals surface area contributed by atoms with Gasteiger partial charge in [-0.2, -0.15) is 0 Å². The third kappa shape index (κ3) is 25.0. The molecule has 0 unspecified atom stereocenters. The molecule has 36 heteroatoms. The average molecular weight is 1300 g/mol. The fraction of sp³-hybridized carbons (Fsp3) is 0.722. The summed E-state index contributed by atoms with van der Waals surface area (Å²) in [4.78, 5) is 192. The highest BCUT2D eigenvalue weighted by Gasteiger charge is 2.60. The lowest BCUT2D eigenvalue weighted by atomic mass is 9.93. The molecule has 1 N–H and O–H groups in total. The lowest BCUT2D eigenvalue weighted by Gasteiger charge is -2.51. The number of esters is 14. The molecule has 3 aliphatic heterocycles. The molecule has 0 radical (unpaired) electrons. The van der Waals surface area contributed by atoms with E-state index in [9.17, 15) is 71.9 Å². The Bertz CT molecular complexity index is 2610. The third-order valence-electron chi connectivity index (χ3n) is 12.1. The van der Waals surface area contributed by atoms with Gasteiger partial charge in [0, 0.05) is 104 Å². The van der Waals surface area contributed by atoms with Gasteiger partial charge >= 0.3 is 83.6 Å². The van der Waals surface area contributed by atoms with Crippen molar-refractivity contribution in [3.63, 3.8) is 0 Å². The monoisotopic (exact) mass is 1300 g/mol. The smallest absolute Gasteiger partial charge is 0.303 e. The number of nitrogens with one attached hydrogen (secondary N) is 1. The van der Waals surface area contributed by atoms with Crippen LogP contribution in [0.25, 0.3) is 0 Å². The highest BCUT2D eigenvalue weighted by Crippen LogP contribution is 2.39. The molecule has 36 nitrogen and oxygen atoms in total. The molecule has 3 rings (SSSR count). The van der Waals surface area contributed by atoms with Crippen LogP contribution in [0.5, 0.6) is 0 Å². The Hall–Kier alpha value is -8.19. The van der Waals surface area contributed by atoms with Gasteiger partial charge in [0.05, 0.1) is 0 Å². The van der Waals surface area contributed by atoms with Crippen LogP contribution >= 0.6 is 0 Å². The SMILES string of the molecule is CC(=O)N[C@H]1[C@H](O[C@H]2[C@@H](OC(C)=O)[C@@H](COC(C)=O)O[C@@H](O[C@@H]([C@H](OC(C)=O)[C@H](COC(C)=O)OC(C)=O)[C@@H](COC(C)=O)OC(C)=O)[C@@H]2OC(C)=O)O[C@H](COC(C)=O)[C@H](O[C@@H]2O[C@H](COC(C)=O)[C@H](OC(C)=O)[C@H](OC(C)=O)[C@H]2OC(C)=O)[C@@H]1OC(C)=O. The van der Waals surface area contributed by atoms with E-state index in [4.69, 9.17) is 94.7 Å². The molecule has 0 bridgehead atoms. The second kappa shape index (κ2) is 35.9. The maximum absolute atomic E-state index is 13.5. The predicted octanol–water partition coefficient (Wildman–Crippen LogP) is -1.98. The lowest BCUT2D eigenvalue weighted by Crippen LogP contribution is -2.71. The van der Waals surface area contributed by atoms with Gasteiger partial charge in [-0.05, 0) is 0 Å². The van der Waals surface area contributed by atoms with Crippen molar-refractivity contribution in [1.82, 2.24) is 5.32 Å². The maximum atomic E-state index is 13.5. The molecule has 90 heavy (non-hydrogen) atoms. The van der Waals surface area contributed by atoms with Gasteiger partial charge in [-0.3, -0.25) is 71.9 Å². The molecule has 3 aliphatic rings. The lowest BCUT2D eigenvalue weighted by molar-refractivity contribution is -0.373. The fourth-order valence-electron chi connectivity index (χ4n) is 9.27. The fourth-order valence-corrected chi connectivity index (χ4v) is 9.27. The van der Waals surface area contributed by atoms with Crippen molar-refractivity contribution in [2.45, 2.75) is 220 Å². The van der Waals surface area contributed by atoms with Gasteiger partial charge in [0.15, 0.2) is 73.8 Å². The average Bonchev–Trinajstić information content (AvgIpc) is 0.826. The van der Waals surface area contributed by atoms with E-state index in [0.29, 0.717) is 0 Å². The minimum Gasteiger partial charge on any atom is -0.463 e. The molecular formula is C54H75NO35. The van der Waals surface area contributed by atoms with Crippen LogP contribution in [0.1, 0.15) is 104 Å². The Kier molecular flexibility index (Phi) is 30.3. The van der Waals surface area contributed by atoms with Crippen LogP contribution in [0.2, 0.25) is 0 Å². The molecule has 0 spiro atoms. The van der Waals surface area contributed by atoms with Crippen LogP contribution in [0.4, 0.5) is 0 Å². The number of hydrogen-bond donors (Lipinski definition) is 1. The molecule has 1 amide bonds. The second-order valence-corrected chi connectivity index (χ2v) is 20.0. The number of carbonyl (C=O) groups excluding carboxylic acids is 15. The number of hydrogen-bond acceptors (Lipinski definition) is 35. The van der Waals surface area contributed by atoms with Gasteiger partial charge in [0.1, 0.15) is 75.7 Å². The van der Waals surface area contributed by atoms with Gasteiger partial charge in [0.25, 0.3) is 0 Å². The summed E-state index contributed by atoms with van der Waals surface area (Å²) in [6.07, 6.45) is -36.5. The first-order valence-electron chi connectivity index (χ1n) is 27.4. The van der Waals surface area contributed by atoms with Crippen molar-refractivity contribution in [1.29, 1.82) is 0 Å². The molecule has 3 saturated heterocycles. The quantitative estimate of drug-likeness (QED) is 0.0626. The van der Waals surface area contributed by atoms with E-state index >= 15 is 0 Å². The number of carbonyl (C=O) groups is 15. The predicted molar refractivity (Wildman–Crippen MR) is 281 cm³/mol. The van der Waals surface area contributed by atoms with Crippen LogP contribution in [0.3, 0.4) is 0 Å². The topological polar surface area (TPSA) is 453 Å². The highest BCUT2D eigenvalue weighted by molar-refractivity contribution is 5.74. The number of amides is 1. The Morgan fingerprint density at radius 3 is 1.02 bits per heavy atom. The third-order valence-corrected chi connectivity index (χ3v) is 12.1. The van der Waals surface area contributed by atoms with Crippen molar-refractivity contribution in [3.8, 4) is 0 Å². The standard InChI is InChI=1S/C54H75NO35/c1-21(56)55-41-47(81-32(12)67)44(89-53-50(83-34(14)69)48(82-33(13)68)45(79-30(10)65)39(86-53)19-74-25(5)60)38(18-73-24(4)59)85-52(41)90-49-46(80-31(11)66)40(20-75-26(6)61)87-54(51(49)84-35(15)70)88-43(37(77-28(8)63)17-72-23(3)58)42(78-29(9)64)36(76-27(7)62)16-71-22(2)57/h36-54H,16-20H2,1-15H3,(H,55,56)/t36-,37+,38+,39+,40+,41+,42+,43+,44-,45-,46-,47+,48-,49-,50+,51+,52-,53-,54-/m0/s1. The van der Waals surface area contributed by atoms with E-state index in [1.807, 2.05) is 0 Å². The summed E-state index contributed by atoms with van der Waals surface area (Å²) >= 11 is 0. The Morgan fingerprint density at radius 2 is 0.633 bits per heavy atom. The number of rotatable bonds is 29. The van der Waals surface area contributed by atoms with Crippen molar-refractivity contribution in [2.24, 2.45) is 0 Å². The van der Waals surface area contributed by atoms with E-state index in [1.54, 1.807) is 0 Å². The van der Waals surface area contributed by atoms with Crippen LogP contribution in [0.15, 0.2) is 0 Å². The first kappa shape index (κ1) is 76.1. The highest BCUT2D eigenvalue weighted by atomic mass is 16.8. The van der Waals surface area contributed by atoms with E-state index in [-0.39, 0.29) is 0 Å². The zero-order valence-electron chi connectivity index (χ0n) is 51.8. The summed E-state index contributed by atoms with van der Waals surface area (Å²) < 4.78 is 115. The summed E-state index contributed by atoms with van der Waals surface area (Å²) in [6.45, 7) is 9.30. The van der Waals surface area contributed by atoms with Gasteiger partial charge in [0.2, 0.25) is 5.91 Å². The summed E-state index contributed by atoms with van der Waals surface area (Å²) in [6, 6.07) is -1.98. The Balaban J connectivity index is 2.54. The van der Waals surface area contributed by atoms with Crippen molar-refractivity contribution in [3.05, 3.63) is 0 Å². The summed E-state index contributed by atoms with van der Waals surface area (Å²) in [7, 11) is 0. The van der Waals surface area contributed by atoms with Crippen LogP contribution in [0, 0.1) is 0 Å². The van der Waals surface area contributed by atoms with Gasteiger partial charge in [-0.15, -0.1) is 0 Å². The molecular weight excluding hydrogens is 1220 g/mol. The minimum absolute atomic E-state index is 0.766. The summed E-state index contributed by atoms with van der Waals surface area (Å²) in [5.74, 6) is -15.9. The zero-order chi connectivity index (χ0) is 68.0. The Morgan fingerprint density at radius 1 is 0.311 bits per heavy atom. The van der Waals surface area contributed by atoms with Crippen LogP contribution in [-0.4, -0.2) is 239 Å². The molecule has 506 valence electrons. The maximum Gasteiger partial charge on any atom is 0.303 e. The van der Waals surface area contributed by atoms with Gasteiger partial charge in [-0.25, -0.2) is 0 Å². The van der Waals surface area contributed by atoms with E-state index in [1.165, 1.54) is 0 Å². The normalized spacial score (nSPS) is 27.4. The van der Waals surface area contributed by atoms with Crippen LogP contribution in [-0.2, 0) is 167 Å². The van der Waals surface area contributed by atoms with Gasteiger partial charge in [-0.1, -0.05) is 0 Å². The van der Waals surface area contributed by atoms with Crippen molar-refractivity contribution >= 4 is 89.5 Å². The van der Waals surface area contributed by atoms with Crippen LogP contribution < -0.4 is 5.32 Å². The van der Waals surface area contributed by atoms with Crippen molar-refractivity contribution in [2.75, 3.05) is 33.0 Å². The molecule has 0 aliphatic carbocycles. The van der Waals surface area contributed by atoms with Gasteiger partial charge < -0.3 is 100 Å². The number of ether oxygens (including phenoxy) is 20. The van der Waals surface area contributed by atoms with E-state index < -0.39 is 239 Å². The minimum atomic E-state index is -2.35. The molecule has 0 saturated carbocycles. The Labute approximate surface area is 513 Å². The second-order valence-electron chi connectivity index (χ2n) is 20.0. The molecule has 0 aromatic heterocycles.